The van der Waals surface area contributed by atoms with E-state index in [-0.39, 0.29) is 11.7 Å². The van der Waals surface area contributed by atoms with Gasteiger partial charge in [-0.05, 0) is 18.2 Å². The van der Waals surface area contributed by atoms with Gasteiger partial charge in [0.2, 0.25) is 5.91 Å². The Labute approximate surface area is 85.4 Å². The molecule has 1 amide bonds. The Bertz CT molecular complexity index is 330. The van der Waals surface area contributed by atoms with Gasteiger partial charge >= 0.3 is 0 Å². The molecule has 0 atom stereocenters. The first-order valence-corrected chi connectivity index (χ1v) is 4.92. The van der Waals surface area contributed by atoms with Crippen LogP contribution in [-0.2, 0) is 4.79 Å². The summed E-state index contributed by atoms with van der Waals surface area (Å²) < 4.78 is 0. The van der Waals surface area contributed by atoms with E-state index in [0.29, 0.717) is 10.7 Å². The van der Waals surface area contributed by atoms with Gasteiger partial charge in [0, 0.05) is 15.6 Å². The number of amides is 1. The molecule has 0 aliphatic heterocycles. The van der Waals surface area contributed by atoms with E-state index in [2.05, 4.69) is 0 Å². The molecule has 1 rings (SSSR count). The van der Waals surface area contributed by atoms with Crippen molar-refractivity contribution < 1.29 is 4.79 Å². The van der Waals surface area contributed by atoms with Crippen LogP contribution in [0.5, 0.6) is 0 Å². The summed E-state index contributed by atoms with van der Waals surface area (Å²) in [7, 11) is 0. The first kappa shape index (κ1) is 10.2. The lowest BCUT2D eigenvalue weighted by Gasteiger charge is -2.03. The van der Waals surface area contributed by atoms with E-state index in [9.17, 15) is 4.79 Å². The largest absolute Gasteiger partial charge is 0.398 e. The number of nitrogens with two attached hydrogens (primary N) is 2. The van der Waals surface area contributed by atoms with E-state index >= 15 is 0 Å². The molecule has 0 aliphatic carbocycles. The standard InChI is InChI=1S/C8H9ClN2OS/c9-5-1-2-7(6(10)3-5)13-4-8(11)12/h1-3H,4,10H2,(H2,11,12). The predicted octanol–water partition coefficient (Wildman–Crippen LogP) is 1.50. The van der Waals surface area contributed by atoms with Gasteiger partial charge in [-0.15, -0.1) is 11.8 Å². The number of benzene rings is 1. The first-order chi connectivity index (χ1) is 6.09. The molecular formula is C8H9ClN2OS. The number of anilines is 1. The fraction of sp³-hybridized carbons (Fsp3) is 0.125. The maximum atomic E-state index is 10.5. The summed E-state index contributed by atoms with van der Waals surface area (Å²) in [6, 6.07) is 5.14. The molecule has 0 saturated heterocycles. The molecule has 0 radical (unpaired) electrons. The van der Waals surface area contributed by atoms with Gasteiger partial charge in [-0.2, -0.15) is 0 Å². The molecule has 0 unspecified atom stereocenters. The monoisotopic (exact) mass is 216 g/mol. The molecule has 0 spiro atoms. The van der Waals surface area contributed by atoms with Crippen LogP contribution in [0.25, 0.3) is 0 Å². The van der Waals surface area contributed by atoms with Gasteiger partial charge in [-0.1, -0.05) is 11.6 Å². The van der Waals surface area contributed by atoms with Crippen LogP contribution in [0.1, 0.15) is 0 Å². The van der Waals surface area contributed by atoms with Crippen molar-refractivity contribution in [1.82, 2.24) is 0 Å². The molecule has 5 heteroatoms. The number of thioether (sulfide) groups is 1. The Morgan fingerprint density at radius 3 is 2.77 bits per heavy atom. The zero-order chi connectivity index (χ0) is 9.84. The van der Waals surface area contributed by atoms with Crippen molar-refractivity contribution in [2.24, 2.45) is 5.73 Å². The lowest BCUT2D eigenvalue weighted by Crippen LogP contribution is -2.13. The van der Waals surface area contributed by atoms with E-state index in [1.165, 1.54) is 11.8 Å². The normalized spacial score (nSPS) is 9.92. The maximum absolute atomic E-state index is 10.5. The average Bonchev–Trinajstić information content (AvgIpc) is 2.02. The highest BCUT2D eigenvalue weighted by molar-refractivity contribution is 8.00. The molecule has 1 aromatic rings. The topological polar surface area (TPSA) is 69.1 Å². The van der Waals surface area contributed by atoms with Gasteiger partial charge < -0.3 is 11.5 Å². The van der Waals surface area contributed by atoms with E-state index in [1.54, 1.807) is 18.2 Å². The zero-order valence-electron chi connectivity index (χ0n) is 6.79. The van der Waals surface area contributed by atoms with Crippen LogP contribution in [-0.4, -0.2) is 11.7 Å². The van der Waals surface area contributed by atoms with Gasteiger partial charge in [-0.25, -0.2) is 0 Å². The Morgan fingerprint density at radius 1 is 1.54 bits per heavy atom. The fourth-order valence-electron chi connectivity index (χ4n) is 0.800. The number of nitrogen functional groups attached to an aromatic ring is 1. The number of hydrogen-bond acceptors (Lipinski definition) is 3. The Kier molecular flexibility index (Phi) is 3.45. The number of carbonyl (C=O) groups is 1. The second-order valence-corrected chi connectivity index (χ2v) is 3.89. The van der Waals surface area contributed by atoms with Crippen LogP contribution in [0.2, 0.25) is 5.02 Å². The van der Waals surface area contributed by atoms with Crippen molar-refractivity contribution in [3.63, 3.8) is 0 Å². The molecule has 1 aromatic carbocycles. The minimum Gasteiger partial charge on any atom is -0.398 e. The summed E-state index contributed by atoms with van der Waals surface area (Å²) in [6.07, 6.45) is 0. The Balaban J connectivity index is 2.72. The van der Waals surface area contributed by atoms with E-state index in [4.69, 9.17) is 23.1 Å². The number of primary amides is 1. The Hall–Kier alpha value is -0.870. The quantitative estimate of drug-likeness (QED) is 0.594. The third kappa shape index (κ3) is 3.16. The summed E-state index contributed by atoms with van der Waals surface area (Å²) in [5.41, 5.74) is 11.2. The molecule has 0 aliphatic rings. The van der Waals surface area contributed by atoms with E-state index in [1.807, 2.05) is 0 Å². The lowest BCUT2D eigenvalue weighted by atomic mass is 10.3. The van der Waals surface area contributed by atoms with Crippen LogP contribution in [0, 0.1) is 0 Å². The zero-order valence-corrected chi connectivity index (χ0v) is 8.36. The third-order valence-corrected chi connectivity index (χ3v) is 2.69. The third-order valence-electron chi connectivity index (χ3n) is 1.34. The summed E-state index contributed by atoms with van der Waals surface area (Å²) in [4.78, 5) is 11.3. The molecule has 0 bridgehead atoms. The highest BCUT2D eigenvalue weighted by Crippen LogP contribution is 2.27. The molecule has 0 heterocycles. The summed E-state index contributed by atoms with van der Waals surface area (Å²) in [6.45, 7) is 0. The van der Waals surface area contributed by atoms with Gasteiger partial charge in [0.1, 0.15) is 0 Å². The highest BCUT2D eigenvalue weighted by Gasteiger charge is 2.02. The van der Waals surface area contributed by atoms with Gasteiger partial charge in [0.15, 0.2) is 0 Å². The van der Waals surface area contributed by atoms with Crippen LogP contribution in [0.3, 0.4) is 0 Å². The molecule has 0 saturated carbocycles. The van der Waals surface area contributed by atoms with Crippen molar-refractivity contribution in [2.45, 2.75) is 4.90 Å². The first-order valence-electron chi connectivity index (χ1n) is 3.55. The lowest BCUT2D eigenvalue weighted by molar-refractivity contribution is -0.115. The number of rotatable bonds is 3. The second kappa shape index (κ2) is 4.39. The molecule has 70 valence electrons. The summed E-state index contributed by atoms with van der Waals surface area (Å²) >= 11 is 7.00. The molecular weight excluding hydrogens is 208 g/mol. The van der Waals surface area contributed by atoms with E-state index in [0.717, 1.165) is 4.90 Å². The van der Waals surface area contributed by atoms with Crippen LogP contribution >= 0.6 is 23.4 Å². The molecule has 3 nitrogen and oxygen atoms in total. The molecule has 13 heavy (non-hydrogen) atoms. The van der Waals surface area contributed by atoms with Gasteiger partial charge in [-0.3, -0.25) is 4.79 Å². The SMILES string of the molecule is NC(=O)CSc1ccc(Cl)cc1N. The number of hydrogen-bond donors (Lipinski definition) is 2. The summed E-state index contributed by atoms with van der Waals surface area (Å²) in [5, 5.41) is 0.584. The molecule has 0 aromatic heterocycles. The minimum absolute atomic E-state index is 0.228. The fourth-order valence-corrected chi connectivity index (χ4v) is 1.67. The van der Waals surface area contributed by atoms with Crippen molar-refractivity contribution in [3.05, 3.63) is 23.2 Å². The minimum atomic E-state index is -0.362. The molecule has 4 N–H and O–H groups in total. The van der Waals surface area contributed by atoms with E-state index < -0.39 is 0 Å². The number of carbonyl (C=O) groups excluding carboxylic acids is 1. The van der Waals surface area contributed by atoms with Crippen molar-refractivity contribution in [2.75, 3.05) is 11.5 Å². The second-order valence-electron chi connectivity index (χ2n) is 2.44. The van der Waals surface area contributed by atoms with Gasteiger partial charge in [0.25, 0.3) is 0 Å². The van der Waals surface area contributed by atoms with Gasteiger partial charge in [0.05, 0.1) is 5.75 Å². The Morgan fingerprint density at radius 2 is 2.23 bits per heavy atom. The van der Waals surface area contributed by atoms with Crippen LogP contribution < -0.4 is 11.5 Å². The van der Waals surface area contributed by atoms with Crippen LogP contribution in [0.15, 0.2) is 23.1 Å². The molecule has 0 fully saturated rings. The maximum Gasteiger partial charge on any atom is 0.227 e. The number of halogens is 1. The van der Waals surface area contributed by atoms with Crippen molar-refractivity contribution in [3.8, 4) is 0 Å². The average molecular weight is 217 g/mol. The summed E-state index contributed by atoms with van der Waals surface area (Å²) in [5.74, 6) is -0.134. The predicted molar refractivity (Wildman–Crippen MR) is 55.8 cm³/mol. The smallest absolute Gasteiger partial charge is 0.227 e. The van der Waals surface area contributed by atoms with Crippen molar-refractivity contribution >= 4 is 35.0 Å². The van der Waals surface area contributed by atoms with Crippen molar-refractivity contribution in [1.29, 1.82) is 0 Å². The van der Waals surface area contributed by atoms with Crippen LogP contribution in [0.4, 0.5) is 5.69 Å². The highest BCUT2D eigenvalue weighted by atomic mass is 35.5.